The highest BCUT2D eigenvalue weighted by Crippen LogP contribution is 2.23. The van der Waals surface area contributed by atoms with Crippen LogP contribution in [0.3, 0.4) is 0 Å². The second kappa shape index (κ2) is 8.85. The van der Waals surface area contributed by atoms with Gasteiger partial charge in [-0.1, -0.05) is 52.0 Å². The van der Waals surface area contributed by atoms with Crippen molar-refractivity contribution >= 4 is 23.2 Å². The monoisotopic (exact) mass is 366 g/mol. The van der Waals surface area contributed by atoms with E-state index >= 15 is 0 Å². The fraction of sp³-hybridized carbons (Fsp3) is 0.391. The summed E-state index contributed by atoms with van der Waals surface area (Å²) in [5.74, 6) is -0.170. The van der Waals surface area contributed by atoms with Crippen LogP contribution < -0.4 is 10.2 Å². The molecule has 0 bridgehead atoms. The zero-order valence-corrected chi connectivity index (χ0v) is 17.0. The van der Waals surface area contributed by atoms with Crippen LogP contribution in [-0.4, -0.2) is 18.4 Å². The molecule has 0 spiro atoms. The molecule has 0 heterocycles. The third-order valence-electron chi connectivity index (χ3n) is 4.63. The molecule has 0 aromatic heterocycles. The van der Waals surface area contributed by atoms with E-state index in [2.05, 4.69) is 33.0 Å². The molecule has 2 aromatic carbocycles. The van der Waals surface area contributed by atoms with Gasteiger partial charge in [-0.3, -0.25) is 9.59 Å². The summed E-state index contributed by atoms with van der Waals surface area (Å²) in [5.41, 5.74) is 4.12. The maximum absolute atomic E-state index is 12.3. The summed E-state index contributed by atoms with van der Waals surface area (Å²) in [6, 6.07) is 15.8. The molecule has 1 N–H and O–H groups in total. The molecule has 0 atom stereocenters. The Balaban J connectivity index is 1.96. The molecule has 4 heteroatoms. The lowest BCUT2D eigenvalue weighted by Gasteiger charge is -2.21. The van der Waals surface area contributed by atoms with E-state index in [1.54, 1.807) is 4.90 Å². The number of rotatable bonds is 6. The van der Waals surface area contributed by atoms with Gasteiger partial charge in [0.15, 0.2) is 0 Å². The number of nitrogens with zero attached hydrogens (tertiary/aromatic N) is 1. The minimum atomic E-state index is -0.102. The van der Waals surface area contributed by atoms with Gasteiger partial charge in [0.25, 0.3) is 0 Å². The Labute approximate surface area is 162 Å². The Morgan fingerprint density at radius 2 is 1.56 bits per heavy atom. The number of carbonyl (C=O) groups excluding carboxylic acids is 2. The third kappa shape index (κ3) is 5.95. The van der Waals surface area contributed by atoms with Crippen molar-refractivity contribution in [2.75, 3.05) is 16.8 Å². The fourth-order valence-corrected chi connectivity index (χ4v) is 2.87. The molecule has 27 heavy (non-hydrogen) atoms. The van der Waals surface area contributed by atoms with Crippen LogP contribution in [0.25, 0.3) is 0 Å². The highest BCUT2D eigenvalue weighted by Gasteiger charge is 2.15. The van der Waals surface area contributed by atoms with Gasteiger partial charge in [-0.15, -0.1) is 0 Å². The van der Waals surface area contributed by atoms with Crippen molar-refractivity contribution in [1.82, 2.24) is 0 Å². The first-order valence-electron chi connectivity index (χ1n) is 9.48. The van der Waals surface area contributed by atoms with Crippen molar-refractivity contribution in [1.29, 1.82) is 0 Å². The van der Waals surface area contributed by atoms with Crippen LogP contribution in [0.15, 0.2) is 48.5 Å². The van der Waals surface area contributed by atoms with Crippen LogP contribution in [0, 0.1) is 0 Å². The topological polar surface area (TPSA) is 49.4 Å². The summed E-state index contributed by atoms with van der Waals surface area (Å²) in [5, 5.41) is 2.91. The normalized spacial score (nSPS) is 11.1. The van der Waals surface area contributed by atoms with Gasteiger partial charge >= 0.3 is 0 Å². The van der Waals surface area contributed by atoms with Crippen molar-refractivity contribution in [3.8, 4) is 0 Å². The van der Waals surface area contributed by atoms with Crippen molar-refractivity contribution < 1.29 is 9.59 Å². The van der Waals surface area contributed by atoms with Crippen molar-refractivity contribution in [2.45, 2.75) is 52.9 Å². The van der Waals surface area contributed by atoms with Gasteiger partial charge in [-0.2, -0.15) is 0 Å². The first-order valence-corrected chi connectivity index (χ1v) is 9.48. The van der Waals surface area contributed by atoms with E-state index in [9.17, 15) is 9.59 Å². The van der Waals surface area contributed by atoms with E-state index < -0.39 is 0 Å². The Morgan fingerprint density at radius 1 is 0.963 bits per heavy atom. The minimum absolute atomic E-state index is 0.0680. The zero-order valence-electron chi connectivity index (χ0n) is 17.0. The molecule has 0 aliphatic carbocycles. The molecule has 4 nitrogen and oxygen atoms in total. The number of aryl methyl sites for hydroxylation is 1. The van der Waals surface area contributed by atoms with Crippen LogP contribution in [0.5, 0.6) is 0 Å². The van der Waals surface area contributed by atoms with E-state index in [1.165, 1.54) is 18.1 Å². The molecule has 144 valence electrons. The Morgan fingerprint density at radius 3 is 2.04 bits per heavy atom. The number of hydrogen-bond acceptors (Lipinski definition) is 2. The van der Waals surface area contributed by atoms with E-state index in [1.807, 2.05) is 48.5 Å². The number of hydrogen-bond donors (Lipinski definition) is 1. The maximum Gasteiger partial charge on any atom is 0.226 e. The van der Waals surface area contributed by atoms with E-state index in [0.29, 0.717) is 6.54 Å². The summed E-state index contributed by atoms with van der Waals surface area (Å²) < 4.78 is 0. The molecule has 0 radical (unpaired) electrons. The summed E-state index contributed by atoms with van der Waals surface area (Å²) in [4.78, 5) is 25.9. The largest absolute Gasteiger partial charge is 0.326 e. The SMILES string of the molecule is CCc1ccc(N(CCC(=O)Nc2ccc(C(C)(C)C)cc2)C(C)=O)cc1. The van der Waals surface area contributed by atoms with E-state index in [-0.39, 0.29) is 23.7 Å². The highest BCUT2D eigenvalue weighted by molar-refractivity contribution is 5.94. The number of carbonyl (C=O) groups is 2. The summed E-state index contributed by atoms with van der Waals surface area (Å²) in [6.45, 7) is 10.4. The van der Waals surface area contributed by atoms with Gasteiger partial charge in [0.1, 0.15) is 0 Å². The van der Waals surface area contributed by atoms with Gasteiger partial charge in [0.05, 0.1) is 0 Å². The summed E-state index contributed by atoms with van der Waals surface area (Å²) in [6.07, 6.45) is 1.20. The number of amides is 2. The van der Waals surface area contributed by atoms with Crippen molar-refractivity contribution in [2.24, 2.45) is 0 Å². The van der Waals surface area contributed by atoms with E-state index in [0.717, 1.165) is 17.8 Å². The molecule has 2 amide bonds. The molecule has 0 aliphatic heterocycles. The molecular weight excluding hydrogens is 336 g/mol. The lowest BCUT2D eigenvalue weighted by atomic mass is 9.87. The highest BCUT2D eigenvalue weighted by atomic mass is 16.2. The van der Waals surface area contributed by atoms with Gasteiger partial charge in [0.2, 0.25) is 11.8 Å². The molecule has 0 fully saturated rings. The van der Waals surface area contributed by atoms with Gasteiger partial charge < -0.3 is 10.2 Å². The van der Waals surface area contributed by atoms with Gasteiger partial charge in [-0.05, 0) is 47.2 Å². The maximum atomic E-state index is 12.3. The van der Waals surface area contributed by atoms with Crippen molar-refractivity contribution in [3.05, 3.63) is 59.7 Å². The molecule has 0 saturated carbocycles. The quantitative estimate of drug-likeness (QED) is 0.788. The average Bonchev–Trinajstić information content (AvgIpc) is 2.62. The minimum Gasteiger partial charge on any atom is -0.326 e. The second-order valence-corrected chi connectivity index (χ2v) is 7.82. The van der Waals surface area contributed by atoms with Gasteiger partial charge in [-0.25, -0.2) is 0 Å². The van der Waals surface area contributed by atoms with Gasteiger partial charge in [0, 0.05) is 31.3 Å². The molecule has 0 unspecified atom stereocenters. The molecular formula is C23H30N2O2. The molecule has 2 rings (SSSR count). The van der Waals surface area contributed by atoms with Crippen molar-refractivity contribution in [3.63, 3.8) is 0 Å². The lowest BCUT2D eigenvalue weighted by Crippen LogP contribution is -2.31. The standard InChI is InChI=1S/C23H30N2O2/c1-6-18-7-13-21(14-8-18)25(17(2)26)16-15-22(27)24-20-11-9-19(10-12-20)23(3,4)5/h7-14H,6,15-16H2,1-5H3,(H,24,27). The number of nitrogens with one attached hydrogen (secondary N) is 1. The number of benzene rings is 2. The molecule has 0 saturated heterocycles. The smallest absolute Gasteiger partial charge is 0.226 e. The predicted molar refractivity (Wildman–Crippen MR) is 112 cm³/mol. The third-order valence-corrected chi connectivity index (χ3v) is 4.63. The summed E-state index contributed by atoms with van der Waals surface area (Å²) >= 11 is 0. The molecule has 2 aromatic rings. The van der Waals surface area contributed by atoms with Crippen LogP contribution in [-0.2, 0) is 21.4 Å². The Kier molecular flexibility index (Phi) is 6.78. The molecule has 0 aliphatic rings. The first kappa shape index (κ1) is 20.7. The van der Waals surface area contributed by atoms with Crippen LogP contribution >= 0.6 is 0 Å². The predicted octanol–water partition coefficient (Wildman–Crippen LogP) is 4.93. The fourth-order valence-electron chi connectivity index (χ4n) is 2.87. The second-order valence-electron chi connectivity index (χ2n) is 7.82. The van der Waals surface area contributed by atoms with Crippen LogP contribution in [0.1, 0.15) is 52.2 Å². The Hall–Kier alpha value is -2.62. The van der Waals surface area contributed by atoms with E-state index in [4.69, 9.17) is 0 Å². The zero-order chi connectivity index (χ0) is 20.0. The van der Waals surface area contributed by atoms with Crippen LogP contribution in [0.4, 0.5) is 11.4 Å². The lowest BCUT2D eigenvalue weighted by molar-refractivity contribution is -0.117. The van der Waals surface area contributed by atoms with Crippen LogP contribution in [0.2, 0.25) is 0 Å². The summed E-state index contributed by atoms with van der Waals surface area (Å²) in [7, 11) is 0. The average molecular weight is 367 g/mol. The Bertz CT molecular complexity index is 772. The first-order chi connectivity index (χ1) is 12.7. The number of anilines is 2.